The minimum atomic E-state index is -0.452. The SMILES string of the molecule is O=c1cc(-c2ccccc2F)n(-c2ccccc2)c(-c2ccccc2F)c1. The Hall–Kier alpha value is -3.53. The highest BCUT2D eigenvalue weighted by Crippen LogP contribution is 2.31. The van der Waals surface area contributed by atoms with Gasteiger partial charge in [0.15, 0.2) is 5.43 Å². The Bertz CT molecular complexity index is 1100. The van der Waals surface area contributed by atoms with Crippen LogP contribution in [0.15, 0.2) is 95.8 Å². The molecule has 1 heterocycles. The Morgan fingerprint density at radius 3 is 1.52 bits per heavy atom. The van der Waals surface area contributed by atoms with Crippen LogP contribution in [0.4, 0.5) is 8.78 Å². The van der Waals surface area contributed by atoms with Gasteiger partial charge in [-0.05, 0) is 36.4 Å². The van der Waals surface area contributed by atoms with E-state index in [1.165, 1.54) is 24.3 Å². The quantitative estimate of drug-likeness (QED) is 0.477. The van der Waals surface area contributed by atoms with Gasteiger partial charge in [0.05, 0.1) is 11.4 Å². The van der Waals surface area contributed by atoms with E-state index >= 15 is 0 Å². The third-order valence-corrected chi connectivity index (χ3v) is 4.35. The topological polar surface area (TPSA) is 22.0 Å². The number of pyridine rings is 1. The molecule has 4 rings (SSSR count). The highest BCUT2D eigenvalue weighted by atomic mass is 19.1. The first-order chi connectivity index (χ1) is 13.1. The van der Waals surface area contributed by atoms with Gasteiger partial charge in [-0.25, -0.2) is 8.78 Å². The molecule has 4 aromatic rings. The molecule has 3 aromatic carbocycles. The molecule has 0 N–H and O–H groups in total. The molecule has 27 heavy (non-hydrogen) atoms. The number of rotatable bonds is 3. The Morgan fingerprint density at radius 1 is 0.593 bits per heavy atom. The lowest BCUT2D eigenvalue weighted by molar-refractivity contribution is 0.628. The summed E-state index contributed by atoms with van der Waals surface area (Å²) in [5.74, 6) is -0.903. The van der Waals surface area contributed by atoms with Gasteiger partial charge >= 0.3 is 0 Å². The second-order valence-electron chi connectivity index (χ2n) is 6.09. The van der Waals surface area contributed by atoms with E-state index in [0.717, 1.165) is 0 Å². The molecule has 0 aliphatic heterocycles. The van der Waals surface area contributed by atoms with Crippen molar-refractivity contribution in [3.05, 3.63) is 113 Å². The van der Waals surface area contributed by atoms with E-state index in [-0.39, 0.29) is 16.6 Å². The van der Waals surface area contributed by atoms with E-state index in [0.29, 0.717) is 17.1 Å². The standard InChI is InChI=1S/C23H15F2NO/c24-20-12-6-4-10-18(20)22-14-17(27)15-23(19-11-5-7-13-21(19)25)26(22)16-8-2-1-3-9-16/h1-15H. The van der Waals surface area contributed by atoms with Crippen LogP contribution >= 0.6 is 0 Å². The summed E-state index contributed by atoms with van der Waals surface area (Å²) in [5.41, 5.74) is 1.66. The molecule has 132 valence electrons. The number of hydrogen-bond acceptors (Lipinski definition) is 1. The zero-order chi connectivity index (χ0) is 18.8. The van der Waals surface area contributed by atoms with Crippen molar-refractivity contribution in [2.45, 2.75) is 0 Å². The predicted molar refractivity (Wildman–Crippen MR) is 103 cm³/mol. The molecule has 0 spiro atoms. The summed E-state index contributed by atoms with van der Waals surface area (Å²) in [4.78, 5) is 12.4. The van der Waals surface area contributed by atoms with Crippen LogP contribution in [0, 0.1) is 11.6 Å². The van der Waals surface area contributed by atoms with Crippen molar-refractivity contribution in [1.29, 1.82) is 0 Å². The lowest BCUT2D eigenvalue weighted by Crippen LogP contribution is -2.12. The molecule has 0 saturated heterocycles. The third kappa shape index (κ3) is 3.17. The van der Waals surface area contributed by atoms with Crippen LogP contribution in [0.5, 0.6) is 0 Å². The lowest BCUT2D eigenvalue weighted by atomic mass is 10.0. The van der Waals surface area contributed by atoms with Crippen LogP contribution in [-0.4, -0.2) is 4.57 Å². The summed E-state index contributed by atoms with van der Waals surface area (Å²) in [6.07, 6.45) is 0. The minimum Gasteiger partial charge on any atom is -0.309 e. The van der Waals surface area contributed by atoms with Gasteiger partial charge in [-0.1, -0.05) is 42.5 Å². The van der Waals surface area contributed by atoms with Gasteiger partial charge in [0.2, 0.25) is 0 Å². The molecule has 2 nitrogen and oxygen atoms in total. The van der Waals surface area contributed by atoms with Crippen LogP contribution in [0.3, 0.4) is 0 Å². The normalized spacial score (nSPS) is 10.7. The molecule has 0 unspecified atom stereocenters. The first-order valence-electron chi connectivity index (χ1n) is 8.47. The number of aromatic nitrogens is 1. The van der Waals surface area contributed by atoms with Crippen LogP contribution in [0.2, 0.25) is 0 Å². The Balaban J connectivity index is 2.13. The summed E-state index contributed by atoms with van der Waals surface area (Å²) in [7, 11) is 0. The van der Waals surface area contributed by atoms with E-state index in [4.69, 9.17) is 0 Å². The molecule has 1 aromatic heterocycles. The van der Waals surface area contributed by atoms with Gasteiger partial charge in [0, 0.05) is 28.9 Å². The van der Waals surface area contributed by atoms with E-state index in [9.17, 15) is 13.6 Å². The maximum Gasteiger partial charge on any atom is 0.182 e. The van der Waals surface area contributed by atoms with Crippen molar-refractivity contribution in [1.82, 2.24) is 4.57 Å². The molecule has 0 amide bonds. The first kappa shape index (κ1) is 16.9. The van der Waals surface area contributed by atoms with E-state index < -0.39 is 11.6 Å². The van der Waals surface area contributed by atoms with Crippen LogP contribution in [0.25, 0.3) is 28.2 Å². The third-order valence-electron chi connectivity index (χ3n) is 4.35. The van der Waals surface area contributed by atoms with Crippen molar-refractivity contribution in [2.75, 3.05) is 0 Å². The minimum absolute atomic E-state index is 0.275. The van der Waals surface area contributed by atoms with E-state index in [1.807, 2.05) is 30.3 Å². The van der Waals surface area contributed by atoms with Crippen LogP contribution in [0.1, 0.15) is 0 Å². The molecule has 4 heteroatoms. The molecule has 0 aliphatic rings. The summed E-state index contributed by atoms with van der Waals surface area (Å²) >= 11 is 0. The van der Waals surface area contributed by atoms with E-state index in [1.54, 1.807) is 41.0 Å². The fraction of sp³-hybridized carbons (Fsp3) is 0. The summed E-state index contributed by atoms with van der Waals surface area (Å²) in [6.45, 7) is 0. The van der Waals surface area contributed by atoms with Crippen molar-refractivity contribution < 1.29 is 8.78 Å². The molecule has 0 fully saturated rings. The Kier molecular flexibility index (Phi) is 4.38. The summed E-state index contributed by atoms with van der Waals surface area (Å²) in [6, 6.07) is 24.4. The van der Waals surface area contributed by atoms with Crippen molar-refractivity contribution >= 4 is 0 Å². The van der Waals surface area contributed by atoms with Gasteiger partial charge in [-0.2, -0.15) is 0 Å². The molecule has 0 bridgehead atoms. The number of benzene rings is 3. The molecular formula is C23H15F2NO. The van der Waals surface area contributed by atoms with E-state index in [2.05, 4.69) is 0 Å². The zero-order valence-electron chi connectivity index (χ0n) is 14.3. The number of nitrogens with zero attached hydrogens (tertiary/aromatic N) is 1. The zero-order valence-corrected chi connectivity index (χ0v) is 14.3. The molecule has 0 saturated carbocycles. The monoisotopic (exact) mass is 359 g/mol. The fourth-order valence-electron chi connectivity index (χ4n) is 3.16. The highest BCUT2D eigenvalue weighted by molar-refractivity contribution is 5.71. The summed E-state index contributed by atoms with van der Waals surface area (Å²) in [5, 5.41) is 0. The molecule has 0 atom stereocenters. The maximum atomic E-state index is 14.5. The maximum absolute atomic E-state index is 14.5. The second kappa shape index (κ2) is 7.00. The molecular weight excluding hydrogens is 344 g/mol. The number of hydrogen-bond donors (Lipinski definition) is 0. The largest absolute Gasteiger partial charge is 0.309 e. The Labute approximate surface area is 155 Å². The van der Waals surface area contributed by atoms with Crippen LogP contribution in [-0.2, 0) is 0 Å². The molecule has 0 radical (unpaired) electrons. The predicted octanol–water partition coefficient (Wildman–Crippen LogP) is 5.45. The fourth-order valence-corrected chi connectivity index (χ4v) is 3.16. The average Bonchev–Trinajstić information content (AvgIpc) is 2.69. The second-order valence-corrected chi connectivity index (χ2v) is 6.09. The highest BCUT2D eigenvalue weighted by Gasteiger charge is 2.17. The van der Waals surface area contributed by atoms with Crippen molar-refractivity contribution in [2.24, 2.45) is 0 Å². The number of halogens is 2. The summed E-state index contributed by atoms with van der Waals surface area (Å²) < 4.78 is 30.8. The van der Waals surface area contributed by atoms with Crippen LogP contribution < -0.4 is 5.43 Å². The van der Waals surface area contributed by atoms with Gasteiger partial charge in [-0.3, -0.25) is 4.79 Å². The van der Waals surface area contributed by atoms with Crippen molar-refractivity contribution in [3.8, 4) is 28.2 Å². The van der Waals surface area contributed by atoms with Crippen molar-refractivity contribution in [3.63, 3.8) is 0 Å². The smallest absolute Gasteiger partial charge is 0.182 e. The van der Waals surface area contributed by atoms with Gasteiger partial charge in [-0.15, -0.1) is 0 Å². The van der Waals surface area contributed by atoms with Gasteiger partial charge in [0.25, 0.3) is 0 Å². The Morgan fingerprint density at radius 2 is 1.04 bits per heavy atom. The lowest BCUT2D eigenvalue weighted by Gasteiger charge is -2.20. The molecule has 0 aliphatic carbocycles. The van der Waals surface area contributed by atoms with Gasteiger partial charge < -0.3 is 4.57 Å². The average molecular weight is 359 g/mol. The first-order valence-corrected chi connectivity index (χ1v) is 8.47. The van der Waals surface area contributed by atoms with Gasteiger partial charge in [0.1, 0.15) is 11.6 Å². The number of para-hydroxylation sites is 1.